The van der Waals surface area contributed by atoms with Gasteiger partial charge in [0.05, 0.1) is 6.42 Å². The molecule has 0 aliphatic carbocycles. The fourth-order valence-electron chi connectivity index (χ4n) is 0.991. The number of rotatable bonds is 4. The van der Waals surface area contributed by atoms with Crippen molar-refractivity contribution < 1.29 is 17.9 Å². The second-order valence-electron chi connectivity index (χ2n) is 4.93. The molecule has 0 saturated heterocycles. The number of hydrogen-bond donors (Lipinski definition) is 0. The quantitative estimate of drug-likeness (QED) is 0.713. The van der Waals surface area contributed by atoms with Crippen molar-refractivity contribution >= 4 is 15.8 Å². The van der Waals surface area contributed by atoms with Crippen LogP contribution in [0.2, 0.25) is 0 Å². The predicted molar refractivity (Wildman–Crippen MR) is 63.6 cm³/mol. The molecule has 0 rings (SSSR count). The maximum Gasteiger partial charge on any atom is 0.306 e. The monoisotopic (exact) mass is 248 g/mol. The van der Waals surface area contributed by atoms with Crippen LogP contribution in [0.15, 0.2) is 11.5 Å². The molecule has 0 fully saturated rings. The van der Waals surface area contributed by atoms with E-state index >= 15 is 0 Å². The molecule has 0 saturated carbocycles. The van der Waals surface area contributed by atoms with Gasteiger partial charge in [-0.1, -0.05) is 13.0 Å². The van der Waals surface area contributed by atoms with Crippen LogP contribution in [0.5, 0.6) is 0 Å². The molecule has 0 spiro atoms. The maximum atomic E-state index is 11.4. The average Bonchev–Trinajstić information content (AvgIpc) is 1.95. The molecule has 5 heteroatoms. The summed E-state index contributed by atoms with van der Waals surface area (Å²) in [6.07, 6.45) is 2.80. The van der Waals surface area contributed by atoms with E-state index in [-0.39, 0.29) is 18.3 Å². The Labute approximate surface area is 97.6 Å². The number of carbonyl (C=O) groups excluding carboxylic acids is 1. The molecule has 0 amide bonds. The van der Waals surface area contributed by atoms with Gasteiger partial charge in [0, 0.05) is 11.7 Å². The molecular weight excluding hydrogens is 228 g/mol. The van der Waals surface area contributed by atoms with Crippen molar-refractivity contribution in [3.8, 4) is 0 Å². The summed E-state index contributed by atoms with van der Waals surface area (Å²) in [5.74, 6) is -0.470. The van der Waals surface area contributed by atoms with E-state index in [2.05, 4.69) is 0 Å². The Kier molecular flexibility index (Phi) is 5.19. The van der Waals surface area contributed by atoms with Gasteiger partial charge < -0.3 is 4.74 Å². The molecule has 0 aliphatic heterocycles. The van der Waals surface area contributed by atoms with Gasteiger partial charge in [-0.2, -0.15) is 0 Å². The van der Waals surface area contributed by atoms with Crippen molar-refractivity contribution in [2.24, 2.45) is 5.92 Å². The van der Waals surface area contributed by atoms with E-state index in [9.17, 15) is 13.2 Å². The van der Waals surface area contributed by atoms with Gasteiger partial charge in [0.25, 0.3) is 0 Å². The average molecular weight is 248 g/mol. The summed E-state index contributed by atoms with van der Waals surface area (Å²) in [5.41, 5.74) is -0.503. The largest absolute Gasteiger partial charge is 0.460 e. The van der Waals surface area contributed by atoms with Gasteiger partial charge in [0.1, 0.15) is 5.60 Å². The summed E-state index contributed by atoms with van der Waals surface area (Å²) in [7, 11) is -3.12. The molecule has 4 nitrogen and oxygen atoms in total. The highest BCUT2D eigenvalue weighted by atomic mass is 32.2. The molecule has 0 bridgehead atoms. The second kappa shape index (κ2) is 5.48. The number of allylic oxidation sites excluding steroid dienone is 1. The van der Waals surface area contributed by atoms with Gasteiger partial charge in [-0.05, 0) is 26.7 Å². The van der Waals surface area contributed by atoms with E-state index < -0.39 is 15.4 Å². The predicted octanol–water partition coefficient (Wildman–Crippen LogP) is 1.91. The summed E-state index contributed by atoms with van der Waals surface area (Å²) in [5, 5.41) is 1.11. The van der Waals surface area contributed by atoms with Crippen LogP contribution in [0.1, 0.15) is 34.1 Å². The molecular formula is C11H20O4S. The lowest BCUT2D eigenvalue weighted by Gasteiger charge is -2.20. The number of esters is 1. The molecule has 0 unspecified atom stereocenters. The zero-order valence-corrected chi connectivity index (χ0v) is 11.3. The Balaban J connectivity index is 4.22. The van der Waals surface area contributed by atoms with Gasteiger partial charge in [-0.25, -0.2) is 8.42 Å². The minimum absolute atomic E-state index is 0.149. The smallest absolute Gasteiger partial charge is 0.306 e. The fraction of sp³-hybridized carbons (Fsp3) is 0.727. The molecule has 0 heterocycles. The first-order valence-corrected chi connectivity index (χ1v) is 7.05. The van der Waals surface area contributed by atoms with Crippen LogP contribution in [-0.2, 0) is 19.4 Å². The van der Waals surface area contributed by atoms with Crippen molar-refractivity contribution in [2.45, 2.75) is 39.7 Å². The fourth-order valence-corrected chi connectivity index (χ4v) is 1.54. The van der Waals surface area contributed by atoms with E-state index in [4.69, 9.17) is 4.74 Å². The van der Waals surface area contributed by atoms with Crippen LogP contribution in [0.25, 0.3) is 0 Å². The van der Waals surface area contributed by atoms with Crippen LogP contribution in [0.4, 0.5) is 0 Å². The summed E-state index contributed by atoms with van der Waals surface area (Å²) in [6.45, 7) is 7.15. The van der Waals surface area contributed by atoms with E-state index in [0.717, 1.165) is 11.7 Å². The molecule has 0 aliphatic rings. The van der Waals surface area contributed by atoms with Crippen LogP contribution < -0.4 is 0 Å². The lowest BCUT2D eigenvalue weighted by Crippen LogP contribution is -2.24. The maximum absolute atomic E-state index is 11.4. The van der Waals surface area contributed by atoms with Gasteiger partial charge >= 0.3 is 5.97 Å². The summed E-state index contributed by atoms with van der Waals surface area (Å²) in [6, 6.07) is 0. The number of ether oxygens (including phenoxy) is 1. The topological polar surface area (TPSA) is 60.4 Å². The molecule has 0 N–H and O–H groups in total. The van der Waals surface area contributed by atoms with E-state index in [0.29, 0.717) is 0 Å². The third-order valence-electron chi connectivity index (χ3n) is 1.56. The van der Waals surface area contributed by atoms with Crippen molar-refractivity contribution in [1.29, 1.82) is 0 Å². The first kappa shape index (κ1) is 15.2. The van der Waals surface area contributed by atoms with Gasteiger partial charge in [-0.3, -0.25) is 4.79 Å². The molecule has 0 aromatic carbocycles. The van der Waals surface area contributed by atoms with E-state index in [1.165, 1.54) is 6.08 Å². The third kappa shape index (κ3) is 9.71. The summed E-state index contributed by atoms with van der Waals surface area (Å²) < 4.78 is 26.8. The third-order valence-corrected chi connectivity index (χ3v) is 2.21. The number of hydrogen-bond acceptors (Lipinski definition) is 4. The van der Waals surface area contributed by atoms with Crippen molar-refractivity contribution in [3.63, 3.8) is 0 Å². The SMILES string of the molecule is C[C@@H](/C=C/S(C)(=O)=O)CC(=O)OC(C)(C)C. The Morgan fingerprint density at radius 3 is 2.25 bits per heavy atom. The minimum Gasteiger partial charge on any atom is -0.460 e. The van der Waals surface area contributed by atoms with Crippen LogP contribution in [0, 0.1) is 5.92 Å². The Hall–Kier alpha value is -0.840. The zero-order chi connectivity index (χ0) is 13.0. The Bertz CT molecular complexity index is 360. The molecule has 0 radical (unpaired) electrons. The van der Waals surface area contributed by atoms with Crippen LogP contribution >= 0.6 is 0 Å². The lowest BCUT2D eigenvalue weighted by molar-refractivity contribution is -0.155. The van der Waals surface area contributed by atoms with Crippen LogP contribution in [0.3, 0.4) is 0 Å². The zero-order valence-electron chi connectivity index (χ0n) is 10.5. The highest BCUT2D eigenvalue weighted by Gasteiger charge is 2.17. The Morgan fingerprint density at radius 2 is 1.88 bits per heavy atom. The first-order chi connectivity index (χ1) is 6.99. The minimum atomic E-state index is -3.12. The number of carbonyl (C=O) groups is 1. The Morgan fingerprint density at radius 1 is 1.38 bits per heavy atom. The summed E-state index contributed by atoms with van der Waals surface area (Å²) in [4.78, 5) is 11.4. The van der Waals surface area contributed by atoms with Crippen LogP contribution in [-0.4, -0.2) is 26.2 Å². The van der Waals surface area contributed by atoms with Crippen molar-refractivity contribution in [1.82, 2.24) is 0 Å². The number of sulfone groups is 1. The normalized spacial score (nSPS) is 15.1. The van der Waals surface area contributed by atoms with Gasteiger partial charge in [0.15, 0.2) is 9.84 Å². The molecule has 94 valence electrons. The van der Waals surface area contributed by atoms with Crippen molar-refractivity contribution in [3.05, 3.63) is 11.5 Å². The molecule has 16 heavy (non-hydrogen) atoms. The highest BCUT2D eigenvalue weighted by Crippen LogP contribution is 2.12. The van der Waals surface area contributed by atoms with Gasteiger partial charge in [0.2, 0.25) is 0 Å². The summed E-state index contributed by atoms with van der Waals surface area (Å²) >= 11 is 0. The molecule has 1 atom stereocenters. The van der Waals surface area contributed by atoms with Crippen molar-refractivity contribution in [2.75, 3.05) is 6.26 Å². The molecule has 0 aromatic heterocycles. The highest BCUT2D eigenvalue weighted by molar-refractivity contribution is 7.93. The van der Waals surface area contributed by atoms with E-state index in [1.807, 2.05) is 0 Å². The molecule has 0 aromatic rings. The van der Waals surface area contributed by atoms with Gasteiger partial charge in [-0.15, -0.1) is 0 Å². The second-order valence-corrected chi connectivity index (χ2v) is 6.86. The lowest BCUT2D eigenvalue weighted by atomic mass is 10.1. The first-order valence-electron chi connectivity index (χ1n) is 5.10. The standard InChI is InChI=1S/C11H20O4S/c1-9(6-7-16(5,13)14)8-10(12)15-11(2,3)4/h6-7,9H,8H2,1-5H3/b7-6+/t9-/m0/s1. The van der Waals surface area contributed by atoms with E-state index in [1.54, 1.807) is 27.7 Å².